The van der Waals surface area contributed by atoms with Crippen LogP contribution in [0.5, 0.6) is 0 Å². The van der Waals surface area contributed by atoms with Gasteiger partial charge >= 0.3 is 5.97 Å². The molecule has 0 saturated carbocycles. The van der Waals surface area contributed by atoms with Crippen molar-refractivity contribution in [3.8, 4) is 0 Å². The topological polar surface area (TPSA) is 87.7 Å². The summed E-state index contributed by atoms with van der Waals surface area (Å²) in [6, 6.07) is 1.30. The Morgan fingerprint density at radius 2 is 2.05 bits per heavy atom. The van der Waals surface area contributed by atoms with Crippen LogP contribution in [0.4, 0.5) is 0 Å². The Balaban J connectivity index is 2.58. The Kier molecular flexibility index (Phi) is 2.90. The first-order valence-corrected chi connectivity index (χ1v) is 5.95. The lowest BCUT2D eigenvalue weighted by molar-refractivity contribution is -0.126. The van der Waals surface area contributed by atoms with Gasteiger partial charge in [-0.25, -0.2) is 4.79 Å². The molecular weight excluding hydrogens is 248 g/mol. The van der Waals surface area contributed by atoms with Crippen molar-refractivity contribution in [1.82, 2.24) is 0 Å². The van der Waals surface area contributed by atoms with E-state index in [0.29, 0.717) is 5.57 Å². The number of carbonyl (C=O) groups is 2. The van der Waals surface area contributed by atoms with Crippen molar-refractivity contribution >= 4 is 11.8 Å². The van der Waals surface area contributed by atoms with Crippen LogP contribution in [0.15, 0.2) is 28.4 Å². The van der Waals surface area contributed by atoms with Gasteiger partial charge in [-0.1, -0.05) is 13.8 Å². The second-order valence-electron chi connectivity index (χ2n) is 5.57. The highest BCUT2D eigenvalue weighted by Crippen LogP contribution is 2.50. The van der Waals surface area contributed by atoms with E-state index in [1.807, 2.05) is 0 Å². The summed E-state index contributed by atoms with van der Waals surface area (Å²) >= 11 is 0. The maximum absolute atomic E-state index is 11.6. The number of furan rings is 1. The molecule has 102 valence electrons. The number of ketones is 1. The standard InChI is InChI=1S/C14H16O5/c1-8-4-10(15)6-13(2,3)14(8,18)11-5-9(7-19-11)12(16)17/h4-5,7,18H,6H2,1-3H3,(H,16,17). The van der Waals surface area contributed by atoms with E-state index in [9.17, 15) is 14.7 Å². The number of carboxylic acid groups (broad SMARTS) is 1. The molecular formula is C14H16O5. The van der Waals surface area contributed by atoms with E-state index in [1.165, 1.54) is 12.1 Å². The van der Waals surface area contributed by atoms with Crippen molar-refractivity contribution < 1.29 is 24.2 Å². The van der Waals surface area contributed by atoms with Crippen LogP contribution in [0.2, 0.25) is 0 Å². The predicted octanol–water partition coefficient (Wildman–Crippen LogP) is 2.11. The summed E-state index contributed by atoms with van der Waals surface area (Å²) in [4.78, 5) is 22.5. The van der Waals surface area contributed by atoms with Crippen molar-refractivity contribution in [2.45, 2.75) is 32.8 Å². The number of hydrogen-bond acceptors (Lipinski definition) is 4. The van der Waals surface area contributed by atoms with E-state index in [1.54, 1.807) is 20.8 Å². The van der Waals surface area contributed by atoms with Crippen LogP contribution in [0, 0.1) is 5.41 Å². The first-order chi connectivity index (χ1) is 8.68. The lowest BCUT2D eigenvalue weighted by atomic mass is 9.63. The molecule has 1 aromatic rings. The molecule has 0 bridgehead atoms. The molecule has 2 N–H and O–H groups in total. The third kappa shape index (κ3) is 1.90. The van der Waals surface area contributed by atoms with E-state index in [-0.39, 0.29) is 23.5 Å². The Morgan fingerprint density at radius 3 is 2.53 bits per heavy atom. The largest absolute Gasteiger partial charge is 0.478 e. The average Bonchev–Trinajstić information content (AvgIpc) is 2.74. The zero-order chi connectivity index (χ0) is 14.4. The fourth-order valence-electron chi connectivity index (χ4n) is 2.66. The number of aliphatic hydroxyl groups is 1. The van der Waals surface area contributed by atoms with Crippen LogP contribution in [-0.2, 0) is 10.4 Å². The number of allylic oxidation sites excluding steroid dienone is 1. The van der Waals surface area contributed by atoms with Crippen LogP contribution in [0.1, 0.15) is 43.3 Å². The van der Waals surface area contributed by atoms with Crippen molar-refractivity contribution in [2.75, 3.05) is 0 Å². The first kappa shape index (κ1) is 13.5. The molecule has 5 nitrogen and oxygen atoms in total. The Morgan fingerprint density at radius 1 is 1.42 bits per heavy atom. The molecule has 1 atom stereocenters. The Bertz CT molecular complexity index is 578. The van der Waals surface area contributed by atoms with Crippen molar-refractivity contribution in [3.63, 3.8) is 0 Å². The van der Waals surface area contributed by atoms with E-state index < -0.39 is 17.0 Å². The molecule has 0 aliphatic heterocycles. The minimum atomic E-state index is -1.48. The van der Waals surface area contributed by atoms with Gasteiger partial charge in [-0.05, 0) is 24.6 Å². The number of rotatable bonds is 2. The smallest absolute Gasteiger partial charge is 0.338 e. The van der Waals surface area contributed by atoms with E-state index >= 15 is 0 Å². The predicted molar refractivity (Wildman–Crippen MR) is 66.7 cm³/mol. The number of carboxylic acids is 1. The first-order valence-electron chi connectivity index (χ1n) is 5.95. The maximum atomic E-state index is 11.6. The number of carbonyl (C=O) groups excluding carboxylic acids is 1. The molecule has 1 aromatic heterocycles. The highest BCUT2D eigenvalue weighted by Gasteiger charge is 2.52. The monoisotopic (exact) mass is 264 g/mol. The van der Waals surface area contributed by atoms with Gasteiger partial charge in [0, 0.05) is 11.8 Å². The summed E-state index contributed by atoms with van der Waals surface area (Å²) in [5, 5.41) is 19.9. The highest BCUT2D eigenvalue weighted by molar-refractivity contribution is 5.93. The van der Waals surface area contributed by atoms with E-state index in [4.69, 9.17) is 9.52 Å². The van der Waals surface area contributed by atoms with Gasteiger partial charge in [-0.15, -0.1) is 0 Å². The van der Waals surface area contributed by atoms with E-state index in [0.717, 1.165) is 6.26 Å². The fourth-order valence-corrected chi connectivity index (χ4v) is 2.66. The van der Waals surface area contributed by atoms with Gasteiger partial charge < -0.3 is 14.6 Å². The molecule has 5 heteroatoms. The summed E-state index contributed by atoms with van der Waals surface area (Å²) in [6.45, 7) is 5.15. The quantitative estimate of drug-likeness (QED) is 0.854. The molecule has 0 aromatic carbocycles. The van der Waals surface area contributed by atoms with Crippen LogP contribution >= 0.6 is 0 Å². The van der Waals surface area contributed by atoms with Crippen LogP contribution < -0.4 is 0 Å². The molecule has 0 fully saturated rings. The van der Waals surface area contributed by atoms with Gasteiger partial charge in [0.1, 0.15) is 17.6 Å². The number of hydrogen-bond donors (Lipinski definition) is 2. The Labute approximate surface area is 110 Å². The molecule has 0 radical (unpaired) electrons. The van der Waals surface area contributed by atoms with Gasteiger partial charge in [0.25, 0.3) is 0 Å². The third-order valence-corrected chi connectivity index (χ3v) is 3.75. The average molecular weight is 264 g/mol. The molecule has 0 saturated heterocycles. The van der Waals surface area contributed by atoms with Gasteiger partial charge in [-0.3, -0.25) is 4.79 Å². The van der Waals surface area contributed by atoms with E-state index in [2.05, 4.69) is 0 Å². The summed E-state index contributed by atoms with van der Waals surface area (Å²) < 4.78 is 5.23. The van der Waals surface area contributed by atoms with Crippen LogP contribution in [-0.4, -0.2) is 22.0 Å². The second kappa shape index (κ2) is 4.06. The SMILES string of the molecule is CC1=CC(=O)CC(C)(C)C1(O)c1cc(C(=O)O)co1. The highest BCUT2D eigenvalue weighted by atomic mass is 16.4. The zero-order valence-corrected chi connectivity index (χ0v) is 11.1. The zero-order valence-electron chi connectivity index (χ0n) is 11.1. The fraction of sp³-hybridized carbons (Fsp3) is 0.429. The molecule has 19 heavy (non-hydrogen) atoms. The lowest BCUT2D eigenvalue weighted by Gasteiger charge is -2.44. The molecule has 2 rings (SSSR count). The van der Waals surface area contributed by atoms with Gasteiger partial charge in [0.05, 0.1) is 5.56 Å². The Hall–Kier alpha value is -1.88. The molecule has 0 spiro atoms. The van der Waals surface area contributed by atoms with Crippen molar-refractivity contribution in [2.24, 2.45) is 5.41 Å². The minimum absolute atomic E-state index is 0.0241. The molecule has 0 amide bonds. The summed E-state index contributed by atoms with van der Waals surface area (Å²) in [6.07, 6.45) is 2.65. The van der Waals surface area contributed by atoms with Gasteiger partial charge in [0.15, 0.2) is 5.78 Å². The second-order valence-corrected chi connectivity index (χ2v) is 5.57. The molecule has 1 heterocycles. The van der Waals surface area contributed by atoms with Crippen molar-refractivity contribution in [1.29, 1.82) is 0 Å². The summed E-state index contributed by atoms with van der Waals surface area (Å²) in [5.74, 6) is -1.03. The van der Waals surface area contributed by atoms with Gasteiger partial charge in [-0.2, -0.15) is 0 Å². The molecule has 1 unspecified atom stereocenters. The minimum Gasteiger partial charge on any atom is -0.478 e. The van der Waals surface area contributed by atoms with Crippen molar-refractivity contribution in [3.05, 3.63) is 35.3 Å². The van der Waals surface area contributed by atoms with Crippen LogP contribution in [0.25, 0.3) is 0 Å². The normalized spacial score (nSPS) is 26.1. The molecule has 1 aliphatic rings. The molecule has 1 aliphatic carbocycles. The summed E-state index contributed by atoms with van der Waals surface area (Å²) in [7, 11) is 0. The number of aromatic carboxylic acids is 1. The van der Waals surface area contributed by atoms with Gasteiger partial charge in [0.2, 0.25) is 0 Å². The summed E-state index contributed by atoms with van der Waals surface area (Å²) in [5.41, 5.74) is -1.81. The third-order valence-electron chi connectivity index (χ3n) is 3.75. The maximum Gasteiger partial charge on any atom is 0.338 e. The lowest BCUT2D eigenvalue weighted by Crippen LogP contribution is -2.46. The van der Waals surface area contributed by atoms with Crippen LogP contribution in [0.3, 0.4) is 0 Å².